The molecular weight excluding hydrogens is 257 g/mol. The highest BCUT2D eigenvalue weighted by molar-refractivity contribution is 7.23. The minimum Gasteiger partial charge on any atom is -0.354 e. The van der Waals surface area contributed by atoms with Crippen molar-refractivity contribution in [3.63, 3.8) is 0 Å². The second kappa shape index (κ2) is 3.95. The van der Waals surface area contributed by atoms with Crippen molar-refractivity contribution < 1.29 is 4.79 Å². The van der Waals surface area contributed by atoms with Gasteiger partial charge in [-0.05, 0) is 38.9 Å². The third-order valence-electron chi connectivity index (χ3n) is 2.73. The van der Waals surface area contributed by atoms with E-state index >= 15 is 0 Å². The zero-order valence-electron chi connectivity index (χ0n) is 8.47. The van der Waals surface area contributed by atoms with E-state index in [1.54, 1.807) is 22.7 Å². The number of thiophene rings is 2. The topological polar surface area (TPSA) is 20.3 Å². The molecule has 2 nitrogen and oxygen atoms in total. The van der Waals surface area contributed by atoms with Gasteiger partial charge in [0.05, 0.1) is 20.3 Å². The molecule has 0 N–H and O–H groups in total. The first-order valence-corrected chi connectivity index (χ1v) is 7.19. The zero-order chi connectivity index (χ0) is 11.1. The zero-order valence-corrected chi connectivity index (χ0v) is 11.3. The Balaban J connectivity index is 2.22. The quantitative estimate of drug-likeness (QED) is 0.582. The van der Waals surface area contributed by atoms with Gasteiger partial charge in [-0.25, -0.2) is 0 Å². The fourth-order valence-electron chi connectivity index (χ4n) is 1.95. The smallest absolute Gasteiger partial charge is 0.160 e. The molecule has 0 bridgehead atoms. The second-order valence-corrected chi connectivity index (χ2v) is 6.32. The first-order chi connectivity index (χ1) is 7.79. The molecule has 2 aromatic heterocycles. The summed E-state index contributed by atoms with van der Waals surface area (Å²) in [6.45, 7) is 0.983. The first kappa shape index (κ1) is 10.5. The van der Waals surface area contributed by atoms with Crippen molar-refractivity contribution in [1.29, 1.82) is 0 Å². The molecule has 0 saturated heterocycles. The Kier molecular flexibility index (Phi) is 2.58. The molecule has 1 unspecified atom stereocenters. The molecule has 82 valence electrons. The van der Waals surface area contributed by atoms with Crippen molar-refractivity contribution in [3.05, 3.63) is 28.0 Å². The lowest BCUT2D eigenvalue weighted by Gasteiger charge is -2.15. The minimum atomic E-state index is 0.835. The Labute approximate surface area is 104 Å². The molecule has 1 atom stereocenters. The average Bonchev–Trinajstić information content (AvgIpc) is 2.89. The highest BCUT2D eigenvalue weighted by Crippen LogP contribution is 2.45. The molecule has 3 rings (SSSR count). The van der Waals surface area contributed by atoms with Crippen LogP contribution in [0.3, 0.4) is 0 Å². The molecule has 0 aliphatic carbocycles. The van der Waals surface area contributed by atoms with Gasteiger partial charge in [0.15, 0.2) is 6.29 Å². The normalized spacial score (nSPS) is 14.2. The third-order valence-corrected chi connectivity index (χ3v) is 5.43. The van der Waals surface area contributed by atoms with Gasteiger partial charge in [-0.15, -0.1) is 22.7 Å². The van der Waals surface area contributed by atoms with Crippen LogP contribution >= 0.6 is 32.1 Å². The number of carbonyl (C=O) groups excluding carboxylic acids is 1. The SMILES string of the molecule is O=Cc1cc2c(s1)-c1sccc1N(P)CC2. The highest BCUT2D eigenvalue weighted by Gasteiger charge is 2.21. The molecule has 0 spiro atoms. The van der Waals surface area contributed by atoms with Crippen LogP contribution in [0, 0.1) is 0 Å². The number of rotatable bonds is 1. The maximum atomic E-state index is 10.8. The summed E-state index contributed by atoms with van der Waals surface area (Å²) in [5.74, 6) is 0. The first-order valence-electron chi connectivity index (χ1n) is 4.97. The summed E-state index contributed by atoms with van der Waals surface area (Å²) in [4.78, 5) is 14.2. The predicted molar refractivity (Wildman–Crippen MR) is 73.8 cm³/mol. The molecule has 1 aliphatic heterocycles. The Bertz CT molecular complexity index is 546. The summed E-state index contributed by atoms with van der Waals surface area (Å²) in [6, 6.07) is 4.17. The van der Waals surface area contributed by atoms with E-state index in [1.165, 1.54) is 21.0 Å². The largest absolute Gasteiger partial charge is 0.354 e. The van der Waals surface area contributed by atoms with Gasteiger partial charge in [-0.2, -0.15) is 0 Å². The lowest BCUT2D eigenvalue weighted by molar-refractivity contribution is 0.112. The van der Waals surface area contributed by atoms with Crippen molar-refractivity contribution in [3.8, 4) is 9.75 Å². The molecule has 0 saturated carbocycles. The van der Waals surface area contributed by atoms with E-state index in [2.05, 4.69) is 25.5 Å². The summed E-state index contributed by atoms with van der Waals surface area (Å²) in [7, 11) is 2.77. The Morgan fingerprint density at radius 2 is 2.31 bits per heavy atom. The summed E-state index contributed by atoms with van der Waals surface area (Å²) in [5.41, 5.74) is 2.56. The van der Waals surface area contributed by atoms with E-state index in [1.807, 2.05) is 6.07 Å². The lowest BCUT2D eigenvalue weighted by Crippen LogP contribution is -2.10. The number of aldehydes is 1. The number of fused-ring (bicyclic) bond motifs is 3. The minimum absolute atomic E-state index is 0.835. The van der Waals surface area contributed by atoms with Crippen LogP contribution in [0.4, 0.5) is 5.69 Å². The molecule has 5 heteroatoms. The van der Waals surface area contributed by atoms with Crippen LogP contribution in [0.1, 0.15) is 15.2 Å². The summed E-state index contributed by atoms with van der Waals surface area (Å²) >= 11 is 3.35. The predicted octanol–water partition coefficient (Wildman–Crippen LogP) is 3.44. The summed E-state index contributed by atoms with van der Waals surface area (Å²) < 4.78 is 2.21. The maximum Gasteiger partial charge on any atom is 0.160 e. The van der Waals surface area contributed by atoms with Crippen LogP contribution in [0.2, 0.25) is 0 Å². The highest BCUT2D eigenvalue weighted by atomic mass is 32.1. The molecule has 0 radical (unpaired) electrons. The fourth-order valence-corrected chi connectivity index (χ4v) is 4.50. The lowest BCUT2D eigenvalue weighted by atomic mass is 10.2. The van der Waals surface area contributed by atoms with Crippen molar-refractivity contribution in [2.75, 3.05) is 11.2 Å². The van der Waals surface area contributed by atoms with E-state index in [0.29, 0.717) is 0 Å². The van der Waals surface area contributed by atoms with Gasteiger partial charge in [0.2, 0.25) is 0 Å². The molecular formula is C11H10NOPS2. The van der Waals surface area contributed by atoms with E-state index in [-0.39, 0.29) is 0 Å². The van der Waals surface area contributed by atoms with Crippen molar-refractivity contribution in [1.82, 2.24) is 0 Å². The Hall–Kier alpha value is -0.700. The monoisotopic (exact) mass is 267 g/mol. The second-order valence-electron chi connectivity index (χ2n) is 3.70. The van der Waals surface area contributed by atoms with Crippen LogP contribution in [0.5, 0.6) is 0 Å². The number of nitrogens with zero attached hydrogens (tertiary/aromatic N) is 1. The molecule has 16 heavy (non-hydrogen) atoms. The van der Waals surface area contributed by atoms with Gasteiger partial charge in [0, 0.05) is 6.54 Å². The number of carbonyl (C=O) groups is 1. The third kappa shape index (κ3) is 1.53. The summed E-state index contributed by atoms with van der Waals surface area (Å²) in [6.07, 6.45) is 1.95. The van der Waals surface area contributed by atoms with Gasteiger partial charge in [-0.3, -0.25) is 4.79 Å². The van der Waals surface area contributed by atoms with Gasteiger partial charge >= 0.3 is 0 Å². The van der Waals surface area contributed by atoms with Crippen molar-refractivity contribution in [2.24, 2.45) is 0 Å². The van der Waals surface area contributed by atoms with E-state index in [0.717, 1.165) is 24.1 Å². The van der Waals surface area contributed by atoms with Crippen molar-refractivity contribution in [2.45, 2.75) is 6.42 Å². The van der Waals surface area contributed by atoms with Crippen LogP contribution < -0.4 is 4.67 Å². The van der Waals surface area contributed by atoms with E-state index in [9.17, 15) is 4.79 Å². The van der Waals surface area contributed by atoms with Crippen LogP contribution in [0.25, 0.3) is 9.75 Å². The van der Waals surface area contributed by atoms with E-state index < -0.39 is 0 Å². The van der Waals surface area contributed by atoms with Crippen LogP contribution in [0.15, 0.2) is 17.5 Å². The van der Waals surface area contributed by atoms with Crippen molar-refractivity contribution >= 4 is 44.0 Å². The van der Waals surface area contributed by atoms with Gasteiger partial charge in [-0.1, -0.05) is 0 Å². The standard InChI is InChI=1S/C11H10NOPS2/c13-6-8-5-7-1-3-12(14)9-2-4-15-11(9)10(7)16-8/h2,4-6H,1,3,14H2. The number of anilines is 1. The Morgan fingerprint density at radius 3 is 3.12 bits per heavy atom. The number of hydrogen-bond acceptors (Lipinski definition) is 4. The van der Waals surface area contributed by atoms with Crippen LogP contribution in [-0.2, 0) is 6.42 Å². The summed E-state index contributed by atoms with van der Waals surface area (Å²) in [5, 5.41) is 2.11. The van der Waals surface area contributed by atoms with E-state index in [4.69, 9.17) is 0 Å². The Morgan fingerprint density at radius 1 is 1.44 bits per heavy atom. The fraction of sp³-hybridized carbons (Fsp3) is 0.182. The molecule has 0 fully saturated rings. The molecule has 0 aromatic carbocycles. The molecule has 3 heterocycles. The maximum absolute atomic E-state index is 10.8. The molecule has 2 aromatic rings. The van der Waals surface area contributed by atoms with Gasteiger partial charge in [0.1, 0.15) is 0 Å². The molecule has 1 aliphatic rings. The average molecular weight is 267 g/mol. The number of hydrogen-bond donors (Lipinski definition) is 0. The van der Waals surface area contributed by atoms with Gasteiger partial charge < -0.3 is 4.67 Å². The van der Waals surface area contributed by atoms with Gasteiger partial charge in [0.25, 0.3) is 0 Å². The molecule has 0 amide bonds. The van der Waals surface area contributed by atoms with Crippen LogP contribution in [-0.4, -0.2) is 12.8 Å².